The molecule has 1 fully saturated rings. The minimum atomic E-state index is 0.422. The zero-order valence-electron chi connectivity index (χ0n) is 16.7. The normalized spacial score (nSPS) is 18.7. The molecular formula is C22H25N7. The highest BCUT2D eigenvalue weighted by molar-refractivity contribution is 6.02. The van der Waals surface area contributed by atoms with Crippen LogP contribution in [0.4, 0.5) is 5.69 Å². The van der Waals surface area contributed by atoms with E-state index in [1.54, 1.807) is 10.9 Å². The summed E-state index contributed by atoms with van der Waals surface area (Å²) in [5.74, 6) is 1.87. The molecule has 1 aromatic heterocycles. The van der Waals surface area contributed by atoms with Crippen molar-refractivity contribution in [3.8, 4) is 11.1 Å². The second kappa shape index (κ2) is 6.55. The lowest BCUT2D eigenvalue weighted by molar-refractivity contribution is 0.426. The number of aliphatic imine (C=N–C) groups is 1. The zero-order chi connectivity index (χ0) is 20.1. The van der Waals surface area contributed by atoms with E-state index in [9.17, 15) is 0 Å². The van der Waals surface area contributed by atoms with Crippen LogP contribution in [0.5, 0.6) is 0 Å². The lowest BCUT2D eigenvalue weighted by Crippen LogP contribution is -2.43. The van der Waals surface area contributed by atoms with Crippen LogP contribution in [0.1, 0.15) is 18.4 Å². The smallest absolute Gasteiger partial charge is 0.205 e. The molecule has 3 aliphatic rings. The molecular weight excluding hydrogens is 362 g/mol. The molecule has 1 aliphatic carbocycles. The number of anilines is 1. The Bertz CT molecular complexity index is 1100. The Hall–Kier alpha value is -3.48. The van der Waals surface area contributed by atoms with E-state index in [1.807, 2.05) is 24.3 Å². The molecule has 7 heteroatoms. The van der Waals surface area contributed by atoms with Crippen molar-refractivity contribution in [1.82, 2.24) is 14.7 Å². The van der Waals surface area contributed by atoms with Gasteiger partial charge < -0.3 is 16.4 Å². The van der Waals surface area contributed by atoms with E-state index in [1.165, 1.54) is 12.8 Å². The van der Waals surface area contributed by atoms with E-state index in [0.717, 1.165) is 51.9 Å². The third kappa shape index (κ3) is 3.08. The Kier molecular flexibility index (Phi) is 3.97. The highest BCUT2D eigenvalue weighted by atomic mass is 15.3. The van der Waals surface area contributed by atoms with Crippen molar-refractivity contribution in [1.29, 1.82) is 0 Å². The molecule has 0 atom stereocenters. The maximum Gasteiger partial charge on any atom is 0.205 e. The van der Waals surface area contributed by atoms with Gasteiger partial charge in [-0.25, -0.2) is 4.99 Å². The van der Waals surface area contributed by atoms with Crippen LogP contribution in [-0.4, -0.2) is 27.2 Å². The molecule has 0 unspecified atom stereocenters. The molecule has 4 N–H and O–H groups in total. The number of rotatable bonds is 4. The third-order valence-corrected chi connectivity index (χ3v) is 5.68. The lowest BCUT2D eigenvalue weighted by Gasteiger charge is -2.36. The molecule has 0 bridgehead atoms. The number of nitrogens with two attached hydrogens (primary N) is 2. The molecule has 2 aromatic rings. The first-order valence-corrected chi connectivity index (χ1v) is 9.89. The van der Waals surface area contributed by atoms with E-state index < -0.39 is 0 Å². The number of guanidine groups is 1. The van der Waals surface area contributed by atoms with E-state index in [0.29, 0.717) is 5.96 Å². The molecule has 1 saturated carbocycles. The molecule has 148 valence electrons. The van der Waals surface area contributed by atoms with Crippen LogP contribution in [0, 0.1) is 12.8 Å². The topological polar surface area (TPSA) is 88.7 Å². The maximum absolute atomic E-state index is 6.62. The van der Waals surface area contributed by atoms with Crippen molar-refractivity contribution < 1.29 is 0 Å². The minimum Gasteiger partial charge on any atom is -0.383 e. The Morgan fingerprint density at radius 1 is 1.17 bits per heavy atom. The Balaban J connectivity index is 1.55. The number of fused-ring (bicyclic) bond motifs is 1. The van der Waals surface area contributed by atoms with E-state index in [4.69, 9.17) is 11.5 Å². The van der Waals surface area contributed by atoms with Gasteiger partial charge in [-0.3, -0.25) is 9.58 Å². The number of hydrogen-bond acceptors (Lipinski definition) is 6. The summed E-state index contributed by atoms with van der Waals surface area (Å²) in [5, 5.41) is 4.27. The fourth-order valence-electron chi connectivity index (χ4n) is 3.91. The number of aromatic nitrogens is 2. The van der Waals surface area contributed by atoms with Crippen LogP contribution >= 0.6 is 0 Å². The molecule has 0 saturated heterocycles. The van der Waals surface area contributed by atoms with Crippen molar-refractivity contribution in [3.05, 3.63) is 71.7 Å². The van der Waals surface area contributed by atoms with Crippen LogP contribution < -0.4 is 16.4 Å². The number of hydrogen-bond donors (Lipinski definition) is 2. The van der Waals surface area contributed by atoms with Gasteiger partial charge in [0.2, 0.25) is 5.96 Å². The average molecular weight is 387 g/mol. The van der Waals surface area contributed by atoms with Gasteiger partial charge in [-0.15, -0.1) is 0 Å². The van der Waals surface area contributed by atoms with E-state index >= 15 is 0 Å². The molecule has 29 heavy (non-hydrogen) atoms. The molecule has 3 heterocycles. The second-order valence-electron chi connectivity index (χ2n) is 7.96. The molecule has 5 rings (SSSR count). The minimum absolute atomic E-state index is 0.422. The van der Waals surface area contributed by atoms with Gasteiger partial charge in [0, 0.05) is 43.3 Å². The fourth-order valence-corrected chi connectivity index (χ4v) is 3.91. The summed E-state index contributed by atoms with van der Waals surface area (Å²) in [5.41, 5.74) is 19.1. The van der Waals surface area contributed by atoms with Crippen molar-refractivity contribution in [3.63, 3.8) is 0 Å². The average Bonchev–Trinajstić information content (AvgIpc) is 3.42. The summed E-state index contributed by atoms with van der Waals surface area (Å²) in [4.78, 5) is 8.52. The number of benzene rings is 1. The van der Waals surface area contributed by atoms with Gasteiger partial charge in [0.25, 0.3) is 0 Å². The first kappa shape index (κ1) is 17.6. The van der Waals surface area contributed by atoms with Crippen LogP contribution in [0.3, 0.4) is 0 Å². The number of aryl methyl sites for hydroxylation is 2. The highest BCUT2D eigenvalue weighted by Crippen LogP contribution is 2.37. The van der Waals surface area contributed by atoms with Crippen molar-refractivity contribution in [2.75, 3.05) is 11.4 Å². The standard InChI is InChI=1S/C22H25N7/c1-14-9-16(18-11-26-27(2)13-18)5-6-19(14)29-20-17(10-25-22(29)24)7-8-28(21(20)23)12-15-3-4-15/h5-11,13,15H,3-4,12,23H2,1-2H3,(H2,24,25). The molecule has 0 spiro atoms. The van der Waals surface area contributed by atoms with Crippen LogP contribution in [0.15, 0.2) is 71.2 Å². The predicted molar refractivity (Wildman–Crippen MR) is 115 cm³/mol. The highest BCUT2D eigenvalue weighted by Gasteiger charge is 2.32. The van der Waals surface area contributed by atoms with Gasteiger partial charge in [-0.1, -0.05) is 6.07 Å². The van der Waals surface area contributed by atoms with Gasteiger partial charge in [0.05, 0.1) is 17.6 Å². The predicted octanol–water partition coefficient (Wildman–Crippen LogP) is 2.78. The van der Waals surface area contributed by atoms with Crippen molar-refractivity contribution in [2.24, 2.45) is 29.4 Å². The first-order valence-electron chi connectivity index (χ1n) is 9.89. The van der Waals surface area contributed by atoms with Crippen LogP contribution in [0.25, 0.3) is 11.1 Å². The second-order valence-corrected chi connectivity index (χ2v) is 7.96. The number of allylic oxidation sites excluding steroid dienone is 1. The summed E-state index contributed by atoms with van der Waals surface area (Å²) >= 11 is 0. The van der Waals surface area contributed by atoms with Crippen molar-refractivity contribution in [2.45, 2.75) is 19.8 Å². The summed E-state index contributed by atoms with van der Waals surface area (Å²) in [6.45, 7) is 3.03. The number of nitrogens with zero attached hydrogens (tertiary/aromatic N) is 5. The maximum atomic E-state index is 6.62. The Labute approximate surface area is 170 Å². The van der Waals surface area contributed by atoms with Gasteiger partial charge in [-0.05, 0) is 55.0 Å². The first-order chi connectivity index (χ1) is 14.0. The molecule has 7 nitrogen and oxygen atoms in total. The third-order valence-electron chi connectivity index (χ3n) is 5.68. The zero-order valence-corrected chi connectivity index (χ0v) is 16.7. The molecule has 1 aromatic carbocycles. The van der Waals surface area contributed by atoms with Gasteiger partial charge in [-0.2, -0.15) is 5.10 Å². The van der Waals surface area contributed by atoms with Gasteiger partial charge in [0.15, 0.2) is 0 Å². The Morgan fingerprint density at radius 3 is 2.69 bits per heavy atom. The van der Waals surface area contributed by atoms with E-state index in [2.05, 4.69) is 52.4 Å². The Morgan fingerprint density at radius 2 is 2.00 bits per heavy atom. The molecule has 0 radical (unpaired) electrons. The monoisotopic (exact) mass is 387 g/mol. The molecule has 2 aliphatic heterocycles. The summed E-state index contributed by atoms with van der Waals surface area (Å²) < 4.78 is 1.80. The van der Waals surface area contributed by atoms with Crippen LogP contribution in [-0.2, 0) is 7.05 Å². The van der Waals surface area contributed by atoms with E-state index in [-0.39, 0.29) is 0 Å². The largest absolute Gasteiger partial charge is 0.383 e. The fraction of sp³-hybridized carbons (Fsp3) is 0.273. The van der Waals surface area contributed by atoms with Crippen molar-refractivity contribution >= 4 is 11.6 Å². The van der Waals surface area contributed by atoms with Gasteiger partial charge in [0.1, 0.15) is 5.82 Å². The van der Waals surface area contributed by atoms with Gasteiger partial charge >= 0.3 is 0 Å². The van der Waals surface area contributed by atoms with Crippen LogP contribution in [0.2, 0.25) is 0 Å². The SMILES string of the molecule is Cc1cc(-c2cnn(C)c2)ccc1N1C(N)=NC=C2C=CN(CC3CC3)C(N)=C21. The summed E-state index contributed by atoms with van der Waals surface area (Å²) in [6, 6.07) is 6.31. The summed E-state index contributed by atoms with van der Waals surface area (Å²) in [6.07, 6.45) is 12.3. The quantitative estimate of drug-likeness (QED) is 0.842. The summed E-state index contributed by atoms with van der Waals surface area (Å²) in [7, 11) is 1.92. The lowest BCUT2D eigenvalue weighted by atomic mass is 10.0. The molecule has 0 amide bonds.